The second-order valence-corrected chi connectivity index (χ2v) is 4.90. The van der Waals surface area contributed by atoms with E-state index >= 15 is 0 Å². The fraction of sp³-hybridized carbons (Fsp3) is 0.385. The highest BCUT2D eigenvalue weighted by molar-refractivity contribution is 5.87. The summed E-state index contributed by atoms with van der Waals surface area (Å²) >= 11 is 0. The standard InChI is InChI=1S/C13H16N6O2/c1-21-12(20)11-4-10-8-18(2-3-19(10)17-11)7-9-5-15-13(14)16-6-9/h4-6H,2-3,7-8H2,1H3,(H2,14,15,16). The number of hydrogen-bond acceptors (Lipinski definition) is 7. The van der Waals surface area contributed by atoms with Gasteiger partial charge < -0.3 is 10.5 Å². The molecule has 8 nitrogen and oxygen atoms in total. The third-order valence-electron chi connectivity index (χ3n) is 3.40. The number of anilines is 1. The van der Waals surface area contributed by atoms with Gasteiger partial charge in [0.05, 0.1) is 19.3 Å². The lowest BCUT2D eigenvalue weighted by atomic mass is 10.2. The van der Waals surface area contributed by atoms with Crippen LogP contribution in [-0.4, -0.2) is 44.3 Å². The van der Waals surface area contributed by atoms with Crippen molar-refractivity contribution in [3.05, 3.63) is 35.4 Å². The Hall–Kier alpha value is -2.48. The molecule has 0 spiro atoms. The van der Waals surface area contributed by atoms with Crippen molar-refractivity contribution >= 4 is 11.9 Å². The van der Waals surface area contributed by atoms with Gasteiger partial charge in [0.2, 0.25) is 5.95 Å². The van der Waals surface area contributed by atoms with Crippen LogP contribution in [-0.2, 0) is 24.4 Å². The number of aromatic nitrogens is 4. The van der Waals surface area contributed by atoms with Gasteiger partial charge in [0, 0.05) is 37.6 Å². The molecule has 1 aliphatic rings. The van der Waals surface area contributed by atoms with Crippen LogP contribution in [0.25, 0.3) is 0 Å². The van der Waals surface area contributed by atoms with Crippen LogP contribution >= 0.6 is 0 Å². The topological polar surface area (TPSA) is 99.2 Å². The van der Waals surface area contributed by atoms with Crippen LogP contribution in [0.3, 0.4) is 0 Å². The molecule has 0 aromatic carbocycles. The van der Waals surface area contributed by atoms with Gasteiger partial charge in [0.25, 0.3) is 0 Å². The summed E-state index contributed by atoms with van der Waals surface area (Å²) in [5.74, 6) is -0.131. The number of hydrogen-bond donors (Lipinski definition) is 1. The van der Waals surface area contributed by atoms with Gasteiger partial charge in [0.15, 0.2) is 5.69 Å². The minimum atomic E-state index is -0.407. The molecule has 0 fully saturated rings. The van der Waals surface area contributed by atoms with E-state index in [1.54, 1.807) is 18.5 Å². The van der Waals surface area contributed by atoms with Gasteiger partial charge in [0.1, 0.15) is 0 Å². The van der Waals surface area contributed by atoms with Gasteiger partial charge in [-0.05, 0) is 6.07 Å². The molecule has 2 aromatic heterocycles. The number of nitrogen functional groups attached to an aromatic ring is 1. The molecule has 2 aromatic rings. The number of esters is 1. The van der Waals surface area contributed by atoms with Gasteiger partial charge in [-0.15, -0.1) is 0 Å². The molecule has 0 atom stereocenters. The Labute approximate surface area is 121 Å². The van der Waals surface area contributed by atoms with Crippen LogP contribution in [0.1, 0.15) is 21.7 Å². The number of fused-ring (bicyclic) bond motifs is 1. The fourth-order valence-corrected chi connectivity index (χ4v) is 2.36. The van der Waals surface area contributed by atoms with Crippen molar-refractivity contribution in [2.45, 2.75) is 19.6 Å². The van der Waals surface area contributed by atoms with Crippen molar-refractivity contribution in [2.24, 2.45) is 0 Å². The zero-order chi connectivity index (χ0) is 14.8. The number of nitrogens with zero attached hydrogens (tertiary/aromatic N) is 5. The van der Waals surface area contributed by atoms with Crippen LogP contribution in [0, 0.1) is 0 Å². The van der Waals surface area contributed by atoms with E-state index in [1.807, 2.05) is 4.68 Å². The molecule has 0 unspecified atom stereocenters. The van der Waals surface area contributed by atoms with Crippen LogP contribution in [0.2, 0.25) is 0 Å². The number of ether oxygens (including phenoxy) is 1. The monoisotopic (exact) mass is 288 g/mol. The van der Waals surface area contributed by atoms with E-state index in [1.165, 1.54) is 7.11 Å². The fourth-order valence-electron chi connectivity index (χ4n) is 2.36. The van der Waals surface area contributed by atoms with Crippen LogP contribution in [0.4, 0.5) is 5.95 Å². The van der Waals surface area contributed by atoms with Crippen molar-refractivity contribution in [1.82, 2.24) is 24.6 Å². The van der Waals surface area contributed by atoms with E-state index in [0.29, 0.717) is 12.2 Å². The third-order valence-corrected chi connectivity index (χ3v) is 3.40. The van der Waals surface area contributed by atoms with E-state index in [9.17, 15) is 4.79 Å². The molecular formula is C13H16N6O2. The first-order valence-corrected chi connectivity index (χ1v) is 6.59. The minimum absolute atomic E-state index is 0.276. The van der Waals surface area contributed by atoms with E-state index < -0.39 is 5.97 Å². The lowest BCUT2D eigenvalue weighted by molar-refractivity contribution is 0.0593. The molecule has 3 rings (SSSR count). The normalized spacial score (nSPS) is 14.7. The first-order chi connectivity index (χ1) is 10.2. The lowest BCUT2D eigenvalue weighted by Gasteiger charge is -2.27. The quantitative estimate of drug-likeness (QED) is 0.797. The SMILES string of the molecule is COC(=O)c1cc2n(n1)CCN(Cc1cnc(N)nc1)C2. The van der Waals surface area contributed by atoms with Crippen LogP contribution < -0.4 is 5.73 Å². The highest BCUT2D eigenvalue weighted by atomic mass is 16.5. The second kappa shape index (κ2) is 5.49. The van der Waals surface area contributed by atoms with E-state index in [-0.39, 0.29) is 5.95 Å². The number of carbonyl (C=O) groups is 1. The number of nitrogens with two attached hydrogens (primary N) is 1. The molecule has 110 valence electrons. The van der Waals surface area contributed by atoms with E-state index in [0.717, 1.165) is 30.9 Å². The van der Waals surface area contributed by atoms with Gasteiger partial charge >= 0.3 is 5.97 Å². The maximum Gasteiger partial charge on any atom is 0.358 e. The third kappa shape index (κ3) is 2.84. The summed E-state index contributed by atoms with van der Waals surface area (Å²) in [5.41, 5.74) is 7.83. The zero-order valence-electron chi connectivity index (χ0n) is 11.7. The van der Waals surface area contributed by atoms with Crippen molar-refractivity contribution in [2.75, 3.05) is 19.4 Å². The Morgan fingerprint density at radius 2 is 2.14 bits per heavy atom. The zero-order valence-corrected chi connectivity index (χ0v) is 11.7. The largest absolute Gasteiger partial charge is 0.464 e. The van der Waals surface area contributed by atoms with Crippen molar-refractivity contribution in [1.29, 1.82) is 0 Å². The molecular weight excluding hydrogens is 272 g/mol. The summed E-state index contributed by atoms with van der Waals surface area (Å²) in [4.78, 5) is 21.7. The Bertz CT molecular complexity index is 651. The molecule has 0 aliphatic carbocycles. The molecule has 2 N–H and O–H groups in total. The smallest absolute Gasteiger partial charge is 0.358 e. The summed E-state index contributed by atoms with van der Waals surface area (Å²) in [6, 6.07) is 1.78. The van der Waals surface area contributed by atoms with Crippen molar-refractivity contribution < 1.29 is 9.53 Å². The van der Waals surface area contributed by atoms with Gasteiger partial charge in [-0.2, -0.15) is 5.10 Å². The molecule has 0 bridgehead atoms. The first-order valence-electron chi connectivity index (χ1n) is 6.59. The van der Waals surface area contributed by atoms with Gasteiger partial charge in [-0.1, -0.05) is 0 Å². The van der Waals surface area contributed by atoms with Crippen molar-refractivity contribution in [3.63, 3.8) is 0 Å². The Morgan fingerprint density at radius 3 is 2.86 bits per heavy atom. The molecule has 1 aliphatic heterocycles. The first kappa shape index (κ1) is 13.5. The molecule has 0 saturated carbocycles. The number of carbonyl (C=O) groups excluding carboxylic acids is 1. The highest BCUT2D eigenvalue weighted by Crippen LogP contribution is 2.16. The summed E-state index contributed by atoms with van der Waals surface area (Å²) in [5, 5.41) is 4.25. The molecule has 0 amide bonds. The predicted molar refractivity (Wildman–Crippen MR) is 74.1 cm³/mol. The Morgan fingerprint density at radius 1 is 1.38 bits per heavy atom. The van der Waals surface area contributed by atoms with E-state index in [2.05, 4.69) is 20.0 Å². The van der Waals surface area contributed by atoms with Crippen molar-refractivity contribution in [3.8, 4) is 0 Å². The maximum absolute atomic E-state index is 11.5. The molecule has 3 heterocycles. The molecule has 0 radical (unpaired) electrons. The summed E-state index contributed by atoms with van der Waals surface area (Å²) in [6.07, 6.45) is 3.46. The highest BCUT2D eigenvalue weighted by Gasteiger charge is 2.21. The molecule has 0 saturated heterocycles. The van der Waals surface area contributed by atoms with Crippen LogP contribution in [0.15, 0.2) is 18.5 Å². The molecule has 21 heavy (non-hydrogen) atoms. The Balaban J connectivity index is 1.70. The summed E-state index contributed by atoms with van der Waals surface area (Å²) < 4.78 is 6.54. The van der Waals surface area contributed by atoms with Gasteiger partial charge in [-0.3, -0.25) is 9.58 Å². The average Bonchev–Trinajstić information content (AvgIpc) is 2.92. The molecule has 8 heteroatoms. The average molecular weight is 288 g/mol. The van der Waals surface area contributed by atoms with Gasteiger partial charge in [-0.25, -0.2) is 14.8 Å². The predicted octanol–water partition coefficient (Wildman–Crippen LogP) is 0.0577. The second-order valence-electron chi connectivity index (χ2n) is 4.90. The number of rotatable bonds is 3. The Kier molecular flexibility index (Phi) is 3.53. The van der Waals surface area contributed by atoms with E-state index in [4.69, 9.17) is 10.5 Å². The summed E-state index contributed by atoms with van der Waals surface area (Å²) in [7, 11) is 1.36. The summed E-state index contributed by atoms with van der Waals surface area (Å²) in [6.45, 7) is 3.04. The van der Waals surface area contributed by atoms with Crippen LogP contribution in [0.5, 0.6) is 0 Å². The lowest BCUT2D eigenvalue weighted by Crippen LogP contribution is -2.33. The minimum Gasteiger partial charge on any atom is -0.464 e. The maximum atomic E-state index is 11.5. The number of methoxy groups -OCH3 is 1.